The Morgan fingerprint density at radius 2 is 1.82 bits per heavy atom. The van der Waals surface area contributed by atoms with E-state index in [1.807, 2.05) is 27.7 Å². The first-order valence-corrected chi connectivity index (χ1v) is 7.30. The molecule has 1 aromatic carbocycles. The van der Waals surface area contributed by atoms with Crippen LogP contribution in [0.15, 0.2) is 17.6 Å². The minimum atomic E-state index is -0.702. The molecule has 0 aliphatic carbocycles. The number of aliphatic hydroxyl groups is 1. The number of hydrogen-bond acceptors (Lipinski definition) is 4. The van der Waals surface area contributed by atoms with E-state index in [1.165, 1.54) is 0 Å². The Bertz CT molecular complexity index is 598. The molecule has 0 spiro atoms. The van der Waals surface area contributed by atoms with Gasteiger partial charge in [0.05, 0.1) is 17.8 Å². The van der Waals surface area contributed by atoms with Gasteiger partial charge in [-0.25, -0.2) is 4.39 Å². The Labute approximate surface area is 131 Å². The number of nitrogens with two attached hydrogens (primary N) is 1. The van der Waals surface area contributed by atoms with Crippen LogP contribution in [0.3, 0.4) is 0 Å². The fourth-order valence-electron chi connectivity index (χ4n) is 2.21. The second-order valence-electron chi connectivity index (χ2n) is 6.65. The molecule has 0 atom stereocenters. The van der Waals surface area contributed by atoms with Gasteiger partial charge in [0.25, 0.3) is 0 Å². The monoisotopic (exact) mass is 307 g/mol. The minimum Gasteiger partial charge on any atom is -0.400 e. The standard InChI is InChI=1S/C16H23BFNO3/c1-10-13(19)7-6-11(14(10)18)8-12(9-20)17-21-15(2,3)16(4,5)22-17/h6-8,20H,9,19H2,1-5H3. The summed E-state index contributed by atoms with van der Waals surface area (Å²) in [5.41, 5.74) is 6.28. The molecule has 1 aliphatic rings. The normalized spacial score (nSPS) is 20.5. The van der Waals surface area contributed by atoms with Crippen molar-refractivity contribution in [2.45, 2.75) is 45.8 Å². The lowest BCUT2D eigenvalue weighted by Gasteiger charge is -2.32. The van der Waals surface area contributed by atoms with Crippen LogP contribution < -0.4 is 5.73 Å². The van der Waals surface area contributed by atoms with E-state index in [-0.39, 0.29) is 6.61 Å². The van der Waals surface area contributed by atoms with E-state index in [2.05, 4.69) is 0 Å². The van der Waals surface area contributed by atoms with Crippen LogP contribution in [-0.4, -0.2) is 30.0 Å². The van der Waals surface area contributed by atoms with Crippen molar-refractivity contribution in [3.05, 3.63) is 34.5 Å². The molecule has 0 radical (unpaired) electrons. The third kappa shape index (κ3) is 2.91. The van der Waals surface area contributed by atoms with E-state index in [9.17, 15) is 9.50 Å². The van der Waals surface area contributed by atoms with E-state index in [1.54, 1.807) is 25.1 Å². The number of nitrogen functional groups attached to an aromatic ring is 1. The Balaban J connectivity index is 2.36. The van der Waals surface area contributed by atoms with E-state index in [0.29, 0.717) is 22.3 Å². The highest BCUT2D eigenvalue weighted by atomic mass is 19.1. The van der Waals surface area contributed by atoms with Gasteiger partial charge in [0, 0.05) is 16.8 Å². The van der Waals surface area contributed by atoms with Gasteiger partial charge in [0.1, 0.15) is 5.82 Å². The molecule has 3 N–H and O–H groups in total. The predicted molar refractivity (Wildman–Crippen MR) is 86.7 cm³/mol. The Morgan fingerprint density at radius 3 is 2.32 bits per heavy atom. The van der Waals surface area contributed by atoms with Crippen molar-refractivity contribution in [2.24, 2.45) is 0 Å². The second kappa shape index (κ2) is 5.68. The minimum absolute atomic E-state index is 0.278. The maximum Gasteiger partial charge on any atom is 0.492 e. The van der Waals surface area contributed by atoms with E-state index in [4.69, 9.17) is 15.0 Å². The van der Waals surface area contributed by atoms with Crippen LogP contribution in [-0.2, 0) is 9.31 Å². The zero-order valence-corrected chi connectivity index (χ0v) is 13.7. The first-order chi connectivity index (χ1) is 10.1. The maximum atomic E-state index is 14.3. The first kappa shape index (κ1) is 17.0. The molecule has 22 heavy (non-hydrogen) atoms. The summed E-state index contributed by atoms with van der Waals surface area (Å²) in [5.74, 6) is -0.400. The molecule has 1 fully saturated rings. The van der Waals surface area contributed by atoms with Gasteiger partial charge in [-0.05, 0) is 46.2 Å². The van der Waals surface area contributed by atoms with Crippen LogP contribution >= 0.6 is 0 Å². The first-order valence-electron chi connectivity index (χ1n) is 7.30. The van der Waals surface area contributed by atoms with E-state index in [0.717, 1.165) is 0 Å². The van der Waals surface area contributed by atoms with Crippen LogP contribution in [0.2, 0.25) is 0 Å². The number of hydrogen-bond donors (Lipinski definition) is 2. The second-order valence-corrected chi connectivity index (χ2v) is 6.65. The fourth-order valence-corrected chi connectivity index (χ4v) is 2.21. The summed E-state index contributed by atoms with van der Waals surface area (Å²) >= 11 is 0. The van der Waals surface area contributed by atoms with Crippen molar-refractivity contribution in [2.75, 3.05) is 12.3 Å². The molecule has 0 unspecified atom stereocenters. The number of halogens is 1. The molecule has 1 aromatic rings. The Hall–Kier alpha value is -1.37. The molecule has 120 valence electrons. The summed E-state index contributed by atoms with van der Waals surface area (Å²) < 4.78 is 26.0. The molecular formula is C16H23BFNO3. The van der Waals surface area contributed by atoms with Gasteiger partial charge in [-0.3, -0.25) is 0 Å². The molecule has 4 nitrogen and oxygen atoms in total. The Kier molecular flexibility index (Phi) is 4.39. The summed E-state index contributed by atoms with van der Waals surface area (Å²) in [6, 6.07) is 3.22. The summed E-state index contributed by atoms with van der Waals surface area (Å²) in [4.78, 5) is 0. The van der Waals surface area contributed by atoms with Gasteiger partial charge in [0.2, 0.25) is 0 Å². The van der Waals surface area contributed by atoms with Gasteiger partial charge < -0.3 is 20.1 Å². The topological polar surface area (TPSA) is 64.7 Å². The maximum absolute atomic E-state index is 14.3. The highest BCUT2D eigenvalue weighted by molar-refractivity contribution is 6.55. The van der Waals surface area contributed by atoms with Crippen molar-refractivity contribution in [3.63, 3.8) is 0 Å². The van der Waals surface area contributed by atoms with Crippen LogP contribution in [0, 0.1) is 12.7 Å². The highest BCUT2D eigenvalue weighted by Crippen LogP contribution is 2.38. The predicted octanol–water partition coefficient (Wildman–Crippen LogP) is 2.72. The number of aliphatic hydroxyl groups excluding tert-OH is 1. The molecule has 0 saturated carbocycles. The summed E-state index contributed by atoms with van der Waals surface area (Å²) in [7, 11) is -0.702. The number of anilines is 1. The smallest absolute Gasteiger partial charge is 0.400 e. The third-order valence-corrected chi connectivity index (χ3v) is 4.54. The van der Waals surface area contributed by atoms with Crippen molar-refractivity contribution >= 4 is 18.9 Å². The lowest BCUT2D eigenvalue weighted by molar-refractivity contribution is 0.00578. The molecule has 2 rings (SSSR count). The van der Waals surface area contributed by atoms with Crippen LogP contribution in [0.25, 0.3) is 6.08 Å². The summed E-state index contributed by atoms with van der Waals surface area (Å²) in [6.45, 7) is 9.05. The molecule has 0 bridgehead atoms. The number of rotatable bonds is 3. The molecule has 0 amide bonds. The van der Waals surface area contributed by atoms with Crippen molar-refractivity contribution in [3.8, 4) is 0 Å². The molecule has 0 aromatic heterocycles. The lowest BCUT2D eigenvalue weighted by atomic mass is 9.77. The van der Waals surface area contributed by atoms with Gasteiger partial charge in [-0.15, -0.1) is 0 Å². The average molecular weight is 307 g/mol. The zero-order chi connectivity index (χ0) is 16.7. The van der Waals surface area contributed by atoms with Crippen molar-refractivity contribution in [1.82, 2.24) is 0 Å². The van der Waals surface area contributed by atoms with E-state index < -0.39 is 24.1 Å². The quantitative estimate of drug-likeness (QED) is 0.666. The van der Waals surface area contributed by atoms with Crippen molar-refractivity contribution < 1.29 is 18.8 Å². The fraction of sp³-hybridized carbons (Fsp3) is 0.500. The summed E-state index contributed by atoms with van der Waals surface area (Å²) in [5, 5.41) is 9.63. The van der Waals surface area contributed by atoms with Crippen LogP contribution in [0.5, 0.6) is 0 Å². The third-order valence-electron chi connectivity index (χ3n) is 4.54. The van der Waals surface area contributed by atoms with Gasteiger partial charge in [-0.1, -0.05) is 12.1 Å². The van der Waals surface area contributed by atoms with Gasteiger partial charge in [-0.2, -0.15) is 0 Å². The molecular weight excluding hydrogens is 284 g/mol. The number of benzene rings is 1. The largest absolute Gasteiger partial charge is 0.492 e. The van der Waals surface area contributed by atoms with E-state index >= 15 is 0 Å². The average Bonchev–Trinajstić information content (AvgIpc) is 2.64. The van der Waals surface area contributed by atoms with Crippen molar-refractivity contribution in [1.29, 1.82) is 0 Å². The molecule has 1 heterocycles. The Morgan fingerprint density at radius 1 is 1.27 bits per heavy atom. The highest BCUT2D eigenvalue weighted by Gasteiger charge is 2.52. The lowest BCUT2D eigenvalue weighted by Crippen LogP contribution is -2.41. The van der Waals surface area contributed by atoms with Gasteiger partial charge in [0.15, 0.2) is 0 Å². The van der Waals surface area contributed by atoms with Crippen LogP contribution in [0.1, 0.15) is 38.8 Å². The molecule has 1 saturated heterocycles. The molecule has 6 heteroatoms. The zero-order valence-electron chi connectivity index (χ0n) is 13.7. The summed E-state index contributed by atoms with van der Waals surface area (Å²) in [6.07, 6.45) is 1.56. The molecule has 1 aliphatic heterocycles. The van der Waals surface area contributed by atoms with Crippen LogP contribution in [0.4, 0.5) is 10.1 Å². The SMILES string of the molecule is Cc1c(N)ccc(C=C(CO)B2OC(C)(C)C(C)(C)O2)c1F. The van der Waals surface area contributed by atoms with Gasteiger partial charge >= 0.3 is 7.12 Å².